The molecule has 2 N–H and O–H groups in total. The molecule has 16 heavy (non-hydrogen) atoms. The van der Waals surface area contributed by atoms with Gasteiger partial charge in [0, 0.05) is 18.8 Å². The van der Waals surface area contributed by atoms with E-state index in [0.29, 0.717) is 12.1 Å². The summed E-state index contributed by atoms with van der Waals surface area (Å²) in [4.78, 5) is 14.2. The van der Waals surface area contributed by atoms with E-state index < -0.39 is 0 Å². The fourth-order valence-corrected chi connectivity index (χ4v) is 1.59. The lowest BCUT2D eigenvalue weighted by Crippen LogP contribution is -2.33. The van der Waals surface area contributed by atoms with E-state index in [9.17, 15) is 4.79 Å². The zero-order valence-corrected chi connectivity index (χ0v) is 10.7. The number of rotatable bonds is 4. The molecule has 4 nitrogen and oxygen atoms in total. The maximum absolute atomic E-state index is 12.0. The molecule has 0 aliphatic heterocycles. The minimum absolute atomic E-state index is 0.102. The van der Waals surface area contributed by atoms with Gasteiger partial charge in [0.05, 0.1) is 5.56 Å². The number of aromatic nitrogens is 1. The van der Waals surface area contributed by atoms with Crippen LogP contribution in [0, 0.1) is 6.92 Å². The summed E-state index contributed by atoms with van der Waals surface area (Å²) in [7, 11) is 3.94. The highest BCUT2D eigenvalue weighted by Gasteiger charge is 2.08. The lowest BCUT2D eigenvalue weighted by molar-refractivity contribution is 0.379. The molecule has 0 fully saturated rings. The van der Waals surface area contributed by atoms with Crippen LogP contribution in [-0.4, -0.2) is 35.1 Å². The van der Waals surface area contributed by atoms with Crippen LogP contribution in [0.1, 0.15) is 11.3 Å². The average Bonchev–Trinajstić information content (AvgIpc) is 2.16. The van der Waals surface area contributed by atoms with Crippen molar-refractivity contribution in [1.29, 1.82) is 0 Å². The Balaban J connectivity index is 3.12. The molecule has 1 heterocycles. The Labute approximate surface area is 101 Å². The standard InChI is InChI=1S/C11H17N3OS/c1-8-4-5-9(10(12)16)11(15)14(8)7-6-13(2)3/h4-5H,6-7H2,1-3H3,(H2,12,16). The van der Waals surface area contributed by atoms with Gasteiger partial charge in [-0.1, -0.05) is 12.2 Å². The Hall–Kier alpha value is -1.20. The van der Waals surface area contributed by atoms with Gasteiger partial charge in [-0.25, -0.2) is 0 Å². The van der Waals surface area contributed by atoms with Crippen molar-refractivity contribution in [1.82, 2.24) is 9.47 Å². The third-order valence-corrected chi connectivity index (χ3v) is 2.65. The Kier molecular flexibility index (Phi) is 4.20. The molecule has 0 unspecified atom stereocenters. The number of likely N-dealkylation sites (N-methyl/N-ethyl adjacent to an activating group) is 1. The molecule has 0 saturated heterocycles. The van der Waals surface area contributed by atoms with Crippen LogP contribution < -0.4 is 11.3 Å². The molecule has 0 aliphatic rings. The normalized spacial score (nSPS) is 10.8. The quantitative estimate of drug-likeness (QED) is 0.771. The molecule has 1 rings (SSSR count). The van der Waals surface area contributed by atoms with E-state index >= 15 is 0 Å². The second kappa shape index (κ2) is 5.23. The number of aryl methyl sites for hydroxylation is 1. The van der Waals surface area contributed by atoms with Gasteiger partial charge < -0.3 is 15.2 Å². The molecule has 0 aromatic carbocycles. The maximum Gasteiger partial charge on any atom is 0.261 e. The fourth-order valence-electron chi connectivity index (χ4n) is 1.44. The molecule has 0 amide bonds. The first kappa shape index (κ1) is 12.9. The summed E-state index contributed by atoms with van der Waals surface area (Å²) in [6.07, 6.45) is 0. The van der Waals surface area contributed by atoms with Gasteiger partial charge >= 0.3 is 0 Å². The predicted molar refractivity (Wildman–Crippen MR) is 69.9 cm³/mol. The first-order valence-corrected chi connectivity index (χ1v) is 5.49. The molecule has 1 aromatic rings. The molecule has 0 aliphatic carbocycles. The van der Waals surface area contributed by atoms with Crippen molar-refractivity contribution in [3.63, 3.8) is 0 Å². The Morgan fingerprint density at radius 1 is 1.50 bits per heavy atom. The van der Waals surface area contributed by atoms with E-state index in [2.05, 4.69) is 0 Å². The predicted octanol–water partition coefficient (Wildman–Crippen LogP) is 0.353. The second-order valence-corrected chi connectivity index (χ2v) is 4.45. The number of pyridine rings is 1. The highest BCUT2D eigenvalue weighted by molar-refractivity contribution is 7.80. The first-order chi connectivity index (χ1) is 7.43. The van der Waals surface area contributed by atoms with Crippen molar-refractivity contribution in [3.8, 4) is 0 Å². The van der Waals surface area contributed by atoms with Gasteiger partial charge in [0.25, 0.3) is 5.56 Å². The van der Waals surface area contributed by atoms with Crippen molar-refractivity contribution < 1.29 is 0 Å². The molecule has 0 saturated carbocycles. The van der Waals surface area contributed by atoms with E-state index in [0.717, 1.165) is 12.2 Å². The summed E-state index contributed by atoms with van der Waals surface area (Å²) in [5.74, 6) is 0. The molecular weight excluding hydrogens is 222 g/mol. The van der Waals surface area contributed by atoms with Gasteiger partial charge in [-0.3, -0.25) is 4.79 Å². The van der Waals surface area contributed by atoms with Crippen LogP contribution in [0.2, 0.25) is 0 Å². The number of hydrogen-bond donors (Lipinski definition) is 1. The van der Waals surface area contributed by atoms with Gasteiger partial charge in [-0.2, -0.15) is 0 Å². The van der Waals surface area contributed by atoms with Crippen LogP contribution in [0.5, 0.6) is 0 Å². The van der Waals surface area contributed by atoms with Crippen LogP contribution in [-0.2, 0) is 6.54 Å². The van der Waals surface area contributed by atoms with Gasteiger partial charge in [-0.15, -0.1) is 0 Å². The zero-order chi connectivity index (χ0) is 12.3. The largest absolute Gasteiger partial charge is 0.389 e. The highest BCUT2D eigenvalue weighted by atomic mass is 32.1. The third-order valence-electron chi connectivity index (χ3n) is 2.43. The van der Waals surface area contributed by atoms with Gasteiger partial charge in [0.1, 0.15) is 4.99 Å². The third kappa shape index (κ3) is 2.90. The summed E-state index contributed by atoms with van der Waals surface area (Å²) < 4.78 is 1.70. The van der Waals surface area contributed by atoms with Crippen molar-refractivity contribution in [3.05, 3.63) is 33.7 Å². The average molecular weight is 239 g/mol. The van der Waals surface area contributed by atoms with Gasteiger partial charge in [0.2, 0.25) is 0 Å². The summed E-state index contributed by atoms with van der Waals surface area (Å²) in [5.41, 5.74) is 6.73. The van der Waals surface area contributed by atoms with Gasteiger partial charge in [0.15, 0.2) is 0 Å². The van der Waals surface area contributed by atoms with Crippen LogP contribution in [0.4, 0.5) is 0 Å². The minimum Gasteiger partial charge on any atom is -0.389 e. The van der Waals surface area contributed by atoms with Crippen molar-refractivity contribution in [2.45, 2.75) is 13.5 Å². The number of nitrogens with two attached hydrogens (primary N) is 1. The van der Waals surface area contributed by atoms with Crippen molar-refractivity contribution in [2.24, 2.45) is 5.73 Å². The van der Waals surface area contributed by atoms with Crippen LogP contribution in [0.25, 0.3) is 0 Å². The molecule has 0 atom stereocenters. The summed E-state index contributed by atoms with van der Waals surface area (Å²) in [6, 6.07) is 3.55. The van der Waals surface area contributed by atoms with Crippen LogP contribution >= 0.6 is 12.2 Å². The molecule has 0 spiro atoms. The van der Waals surface area contributed by atoms with E-state index in [-0.39, 0.29) is 10.5 Å². The maximum atomic E-state index is 12.0. The molecule has 0 bridgehead atoms. The smallest absolute Gasteiger partial charge is 0.261 e. The fraction of sp³-hybridized carbons (Fsp3) is 0.455. The van der Waals surface area contributed by atoms with E-state index in [1.54, 1.807) is 10.6 Å². The SMILES string of the molecule is Cc1ccc(C(N)=S)c(=O)n1CCN(C)C. The van der Waals surface area contributed by atoms with Crippen LogP contribution in [0.3, 0.4) is 0 Å². The topological polar surface area (TPSA) is 51.3 Å². The van der Waals surface area contributed by atoms with Crippen molar-refractivity contribution >= 4 is 17.2 Å². The zero-order valence-electron chi connectivity index (χ0n) is 9.86. The summed E-state index contributed by atoms with van der Waals surface area (Å²) >= 11 is 4.84. The molecule has 1 aromatic heterocycles. The number of nitrogens with zero attached hydrogens (tertiary/aromatic N) is 2. The first-order valence-electron chi connectivity index (χ1n) is 5.08. The lowest BCUT2D eigenvalue weighted by atomic mass is 10.2. The number of thiocarbonyl (C=S) groups is 1. The monoisotopic (exact) mass is 239 g/mol. The summed E-state index contributed by atoms with van der Waals surface area (Å²) in [6.45, 7) is 3.36. The molecule has 88 valence electrons. The lowest BCUT2D eigenvalue weighted by Gasteiger charge is -2.14. The van der Waals surface area contributed by atoms with Crippen molar-refractivity contribution in [2.75, 3.05) is 20.6 Å². The van der Waals surface area contributed by atoms with E-state index in [1.165, 1.54) is 0 Å². The Morgan fingerprint density at radius 3 is 2.62 bits per heavy atom. The molecular formula is C11H17N3OS. The molecule has 5 heteroatoms. The highest BCUT2D eigenvalue weighted by Crippen LogP contribution is 1.99. The number of hydrogen-bond acceptors (Lipinski definition) is 3. The second-order valence-electron chi connectivity index (χ2n) is 4.01. The van der Waals surface area contributed by atoms with Crippen LogP contribution in [0.15, 0.2) is 16.9 Å². The van der Waals surface area contributed by atoms with E-state index in [4.69, 9.17) is 18.0 Å². The Bertz CT molecular complexity index is 451. The molecule has 0 radical (unpaired) electrons. The minimum atomic E-state index is -0.102. The Morgan fingerprint density at radius 2 is 2.12 bits per heavy atom. The van der Waals surface area contributed by atoms with Gasteiger partial charge in [-0.05, 0) is 33.2 Å². The van der Waals surface area contributed by atoms with E-state index in [1.807, 2.05) is 32.0 Å². The summed E-state index contributed by atoms with van der Waals surface area (Å²) in [5, 5.41) is 0.